The monoisotopic (exact) mass is 368 g/mol. The molecule has 2 aliphatic rings. The van der Waals surface area contributed by atoms with E-state index in [2.05, 4.69) is 0 Å². The molecule has 0 bridgehead atoms. The summed E-state index contributed by atoms with van der Waals surface area (Å²) in [6.07, 6.45) is -0.554. The highest BCUT2D eigenvalue weighted by Gasteiger charge is 2.57. The second-order valence-electron chi connectivity index (χ2n) is 4.99. The van der Waals surface area contributed by atoms with Crippen LogP contribution >= 0.6 is 23.5 Å². The Balaban J connectivity index is 2.04. The number of rotatable bonds is 7. The van der Waals surface area contributed by atoms with Gasteiger partial charge in [-0.3, -0.25) is 9.69 Å². The van der Waals surface area contributed by atoms with E-state index in [-0.39, 0.29) is 11.4 Å². The van der Waals surface area contributed by atoms with E-state index in [1.807, 2.05) is 0 Å². The molecular formula is C11H16N2O6S3. The van der Waals surface area contributed by atoms with Gasteiger partial charge in [0.05, 0.1) is 22.0 Å². The SMILES string of the molecule is C[C@@H](O)[C@H]1C(=O)N2C(C(=O)O)=C(SCCCS(N)(=O)=O)S[C@H]12. The van der Waals surface area contributed by atoms with E-state index in [9.17, 15) is 28.2 Å². The number of carboxylic acid groups (broad SMARTS) is 1. The lowest BCUT2D eigenvalue weighted by Crippen LogP contribution is -2.60. The number of carboxylic acids is 1. The van der Waals surface area contributed by atoms with Crippen molar-refractivity contribution in [3.05, 3.63) is 9.93 Å². The molecule has 2 heterocycles. The van der Waals surface area contributed by atoms with E-state index in [4.69, 9.17) is 5.14 Å². The molecule has 0 aromatic carbocycles. The van der Waals surface area contributed by atoms with Gasteiger partial charge in [0.15, 0.2) is 5.70 Å². The lowest BCUT2D eigenvalue weighted by atomic mass is 9.92. The summed E-state index contributed by atoms with van der Waals surface area (Å²) in [5, 5.41) is 23.4. The number of sulfonamides is 1. The predicted molar refractivity (Wildman–Crippen MR) is 83.1 cm³/mol. The van der Waals surface area contributed by atoms with Crippen LogP contribution in [0.25, 0.3) is 0 Å². The van der Waals surface area contributed by atoms with Gasteiger partial charge < -0.3 is 10.2 Å². The van der Waals surface area contributed by atoms with Crippen molar-refractivity contribution in [2.75, 3.05) is 11.5 Å². The number of primary sulfonamides is 1. The zero-order chi connectivity index (χ0) is 16.7. The van der Waals surface area contributed by atoms with Crippen molar-refractivity contribution in [3.8, 4) is 0 Å². The van der Waals surface area contributed by atoms with Gasteiger partial charge in [-0.2, -0.15) is 0 Å². The smallest absolute Gasteiger partial charge is 0.354 e. The molecule has 4 N–H and O–H groups in total. The molecule has 3 atom stereocenters. The quantitative estimate of drug-likeness (QED) is 0.406. The van der Waals surface area contributed by atoms with Crippen LogP contribution < -0.4 is 5.14 Å². The highest BCUT2D eigenvalue weighted by atomic mass is 32.2. The molecule has 8 nitrogen and oxygen atoms in total. The predicted octanol–water partition coefficient (Wildman–Crippen LogP) is -0.436. The summed E-state index contributed by atoms with van der Waals surface area (Å²) < 4.78 is 22.2. The maximum atomic E-state index is 12.0. The summed E-state index contributed by atoms with van der Waals surface area (Å²) in [5.41, 5.74) is -0.0856. The standard InChI is InChI=1S/C11H16N2O6S3/c1-5(14)6-8(15)13-7(10(16)17)11(21-9(6)13)20-3-2-4-22(12,18)19/h5-6,9,14H,2-4H2,1H3,(H,16,17)(H2,12,18,19)/t5-,6+,9-/m1/s1. The Kier molecular flexibility index (Phi) is 5.12. The number of hydrogen-bond donors (Lipinski definition) is 3. The summed E-state index contributed by atoms with van der Waals surface area (Å²) in [6, 6.07) is 0. The number of carbonyl (C=O) groups excluding carboxylic acids is 1. The fraction of sp³-hybridized carbons (Fsp3) is 0.636. The van der Waals surface area contributed by atoms with Crippen LogP contribution in [0.15, 0.2) is 9.93 Å². The number of amides is 1. The largest absolute Gasteiger partial charge is 0.477 e. The van der Waals surface area contributed by atoms with Crippen molar-refractivity contribution in [3.63, 3.8) is 0 Å². The topological polar surface area (TPSA) is 138 Å². The Hall–Kier alpha value is -0.750. The normalized spacial score (nSPS) is 26.0. The number of fused-ring (bicyclic) bond motifs is 1. The van der Waals surface area contributed by atoms with Crippen LogP contribution in [0.3, 0.4) is 0 Å². The highest BCUT2D eigenvalue weighted by Crippen LogP contribution is 2.53. The Labute approximate surface area is 136 Å². The number of thioether (sulfide) groups is 2. The van der Waals surface area contributed by atoms with E-state index in [0.29, 0.717) is 16.4 Å². The number of β-lactam (4-membered cyclic amide) rings is 1. The van der Waals surface area contributed by atoms with Crippen LogP contribution in [-0.4, -0.2) is 58.4 Å². The average Bonchev–Trinajstić information content (AvgIpc) is 2.67. The first-order chi connectivity index (χ1) is 10.1. The van der Waals surface area contributed by atoms with Crippen LogP contribution in [0.2, 0.25) is 0 Å². The van der Waals surface area contributed by atoms with Crippen LogP contribution in [0.5, 0.6) is 0 Å². The first-order valence-electron chi connectivity index (χ1n) is 6.42. The Bertz CT molecular complexity index is 630. The third kappa shape index (κ3) is 3.43. The molecule has 0 spiro atoms. The molecule has 2 rings (SSSR count). The van der Waals surface area contributed by atoms with Crippen molar-refractivity contribution in [2.24, 2.45) is 11.1 Å². The third-order valence-electron chi connectivity index (χ3n) is 3.27. The maximum absolute atomic E-state index is 12.0. The molecule has 0 radical (unpaired) electrons. The molecule has 1 amide bonds. The Morgan fingerprint density at radius 3 is 2.68 bits per heavy atom. The van der Waals surface area contributed by atoms with Gasteiger partial charge in [0.25, 0.3) is 0 Å². The van der Waals surface area contributed by atoms with Gasteiger partial charge >= 0.3 is 5.97 Å². The second-order valence-corrected chi connectivity index (χ2v) is 9.22. The van der Waals surface area contributed by atoms with E-state index < -0.39 is 39.3 Å². The zero-order valence-corrected chi connectivity index (χ0v) is 14.1. The van der Waals surface area contributed by atoms with Crippen LogP contribution in [0, 0.1) is 5.92 Å². The fourth-order valence-electron chi connectivity index (χ4n) is 2.28. The van der Waals surface area contributed by atoms with E-state index in [0.717, 1.165) is 0 Å². The minimum Gasteiger partial charge on any atom is -0.477 e. The van der Waals surface area contributed by atoms with Gasteiger partial charge in [0, 0.05) is 0 Å². The average molecular weight is 368 g/mol. The Morgan fingerprint density at radius 2 is 2.18 bits per heavy atom. The van der Waals surface area contributed by atoms with Gasteiger partial charge in [0.1, 0.15) is 5.37 Å². The summed E-state index contributed by atoms with van der Waals surface area (Å²) in [7, 11) is -3.54. The van der Waals surface area contributed by atoms with E-state index >= 15 is 0 Å². The number of aliphatic carboxylic acids is 1. The molecule has 0 aromatic rings. The van der Waals surface area contributed by atoms with Gasteiger partial charge in [0.2, 0.25) is 15.9 Å². The van der Waals surface area contributed by atoms with Gasteiger partial charge in [-0.05, 0) is 19.1 Å². The van der Waals surface area contributed by atoms with Crippen molar-refractivity contribution < 1.29 is 28.2 Å². The summed E-state index contributed by atoms with van der Waals surface area (Å²) in [4.78, 5) is 24.5. The summed E-state index contributed by atoms with van der Waals surface area (Å²) in [5.74, 6) is -2.01. The number of carbonyl (C=O) groups is 2. The van der Waals surface area contributed by atoms with E-state index in [1.54, 1.807) is 0 Å². The minimum absolute atomic E-state index is 0.0856. The molecule has 2 aliphatic heterocycles. The van der Waals surface area contributed by atoms with Crippen molar-refractivity contribution >= 4 is 45.4 Å². The lowest BCUT2D eigenvalue weighted by molar-refractivity contribution is -0.156. The number of aliphatic hydroxyl groups is 1. The van der Waals surface area contributed by atoms with Crippen molar-refractivity contribution in [2.45, 2.75) is 24.8 Å². The van der Waals surface area contributed by atoms with Gasteiger partial charge in [-0.25, -0.2) is 18.4 Å². The number of nitrogens with zero attached hydrogens (tertiary/aromatic N) is 1. The van der Waals surface area contributed by atoms with Crippen LogP contribution in [-0.2, 0) is 19.6 Å². The first kappa shape index (κ1) is 17.6. The number of nitrogens with two attached hydrogens (primary N) is 1. The molecule has 22 heavy (non-hydrogen) atoms. The number of aliphatic hydroxyl groups excluding tert-OH is 1. The van der Waals surface area contributed by atoms with Crippen molar-refractivity contribution in [1.82, 2.24) is 4.90 Å². The molecule has 1 saturated heterocycles. The van der Waals surface area contributed by atoms with Crippen molar-refractivity contribution in [1.29, 1.82) is 0 Å². The number of hydrogen-bond acceptors (Lipinski definition) is 7. The lowest BCUT2D eigenvalue weighted by Gasteiger charge is -2.43. The molecule has 0 aliphatic carbocycles. The fourth-order valence-corrected chi connectivity index (χ4v) is 5.94. The van der Waals surface area contributed by atoms with Gasteiger partial charge in [-0.15, -0.1) is 11.8 Å². The molecule has 124 valence electrons. The molecule has 1 fully saturated rings. The second kappa shape index (κ2) is 6.40. The van der Waals surface area contributed by atoms with Crippen LogP contribution in [0.4, 0.5) is 0 Å². The molecule has 0 aromatic heterocycles. The molecular weight excluding hydrogens is 352 g/mol. The van der Waals surface area contributed by atoms with Gasteiger partial charge in [-0.1, -0.05) is 11.8 Å². The maximum Gasteiger partial charge on any atom is 0.354 e. The highest BCUT2D eigenvalue weighted by molar-refractivity contribution is 8.22. The first-order valence-corrected chi connectivity index (χ1v) is 10.00. The summed E-state index contributed by atoms with van der Waals surface area (Å²) >= 11 is 2.41. The third-order valence-corrected chi connectivity index (χ3v) is 6.88. The molecule has 0 saturated carbocycles. The zero-order valence-electron chi connectivity index (χ0n) is 11.6. The van der Waals surface area contributed by atoms with E-state index in [1.165, 1.54) is 35.3 Å². The summed E-state index contributed by atoms with van der Waals surface area (Å²) in [6.45, 7) is 1.50. The molecule has 0 unspecified atom stereocenters. The van der Waals surface area contributed by atoms with Crippen LogP contribution in [0.1, 0.15) is 13.3 Å². The minimum atomic E-state index is -3.54. The molecule has 11 heteroatoms. The Morgan fingerprint density at radius 1 is 1.55 bits per heavy atom.